The van der Waals surface area contributed by atoms with Crippen LogP contribution in [0.2, 0.25) is 5.02 Å². The highest BCUT2D eigenvalue weighted by atomic mass is 35.5. The second-order valence-electron chi connectivity index (χ2n) is 7.21. The van der Waals surface area contributed by atoms with Gasteiger partial charge in [-0.1, -0.05) is 56.6 Å². The average molecular weight is 418 g/mol. The molecule has 0 atom stereocenters. The van der Waals surface area contributed by atoms with Crippen molar-refractivity contribution in [1.82, 2.24) is 4.57 Å². The van der Waals surface area contributed by atoms with E-state index >= 15 is 0 Å². The third-order valence-electron chi connectivity index (χ3n) is 4.03. The summed E-state index contributed by atoms with van der Waals surface area (Å²) in [6.07, 6.45) is 3.45. The van der Waals surface area contributed by atoms with Crippen LogP contribution in [-0.4, -0.2) is 10.4 Å². The van der Waals surface area contributed by atoms with E-state index in [4.69, 9.17) is 11.6 Å². The maximum absolute atomic E-state index is 13.0. The quantitative estimate of drug-likeness (QED) is 0.645. The number of Topliss-reactive ketones (excluding diaryl/α,β-unsaturated/α-hetero) is 1. The second kappa shape index (κ2) is 7.97. The number of ketones is 1. The molecular formula is C21H20ClNO2S2. The predicted octanol–water partition coefficient (Wildman–Crippen LogP) is 3.90. The van der Waals surface area contributed by atoms with E-state index in [1.807, 2.05) is 62.6 Å². The Bertz CT molecular complexity index is 1130. The van der Waals surface area contributed by atoms with Gasteiger partial charge in [0.25, 0.3) is 5.56 Å². The molecule has 1 aromatic carbocycles. The van der Waals surface area contributed by atoms with E-state index in [0.717, 1.165) is 10.4 Å². The van der Waals surface area contributed by atoms with Crippen molar-refractivity contribution in [3.8, 4) is 0 Å². The minimum Gasteiger partial charge on any atom is -0.294 e. The summed E-state index contributed by atoms with van der Waals surface area (Å²) in [5.41, 5.74) is 0.230. The van der Waals surface area contributed by atoms with Crippen LogP contribution in [0.1, 0.15) is 31.2 Å². The van der Waals surface area contributed by atoms with E-state index in [1.165, 1.54) is 11.3 Å². The summed E-state index contributed by atoms with van der Waals surface area (Å²) in [6.45, 7) is 5.94. The van der Waals surface area contributed by atoms with Crippen LogP contribution in [0.5, 0.6) is 0 Å². The number of halogens is 1. The number of carbonyl (C=O) groups excluding carboxylic acids is 1. The summed E-state index contributed by atoms with van der Waals surface area (Å²) in [5, 5.41) is 2.57. The SMILES string of the molecule is CC(C)(C)C(=O)/C=c1\s/c(=C/c2cccs2)c(=O)n1Cc1ccccc1Cl. The maximum Gasteiger partial charge on any atom is 0.269 e. The Morgan fingerprint density at radius 2 is 1.93 bits per heavy atom. The molecule has 0 amide bonds. The molecule has 0 aliphatic carbocycles. The number of benzene rings is 1. The highest BCUT2D eigenvalue weighted by Gasteiger charge is 2.19. The second-order valence-corrected chi connectivity index (χ2v) is 9.65. The first-order chi connectivity index (χ1) is 12.8. The molecule has 0 fully saturated rings. The van der Waals surface area contributed by atoms with Crippen molar-refractivity contribution in [2.24, 2.45) is 5.41 Å². The third kappa shape index (κ3) is 4.67. The summed E-state index contributed by atoms with van der Waals surface area (Å²) in [6, 6.07) is 11.4. The van der Waals surface area contributed by atoms with E-state index in [2.05, 4.69) is 0 Å². The van der Waals surface area contributed by atoms with Crippen LogP contribution in [0.25, 0.3) is 12.2 Å². The maximum atomic E-state index is 13.0. The van der Waals surface area contributed by atoms with Gasteiger partial charge in [0.1, 0.15) is 4.66 Å². The molecule has 3 rings (SSSR count). The Hall–Kier alpha value is -1.95. The van der Waals surface area contributed by atoms with E-state index in [0.29, 0.717) is 20.8 Å². The van der Waals surface area contributed by atoms with Gasteiger partial charge in [-0.25, -0.2) is 0 Å². The van der Waals surface area contributed by atoms with E-state index in [-0.39, 0.29) is 11.3 Å². The number of thiazole rings is 1. The minimum absolute atomic E-state index is 0.0145. The van der Waals surface area contributed by atoms with Crippen molar-refractivity contribution >= 4 is 52.2 Å². The standard InChI is InChI=1S/C21H20ClNO2S2/c1-21(2,3)18(24)12-19-23(13-14-7-4-5-9-16(14)22)20(25)17(27-19)11-15-8-6-10-26-15/h4-12H,13H2,1-3H3/b17-11+,19-12-. The Labute approximate surface area is 170 Å². The van der Waals surface area contributed by atoms with Crippen molar-refractivity contribution in [3.05, 3.63) is 76.8 Å². The summed E-state index contributed by atoms with van der Waals surface area (Å²) in [7, 11) is 0. The average Bonchev–Trinajstić information content (AvgIpc) is 3.20. The lowest BCUT2D eigenvalue weighted by molar-refractivity contribution is -0.120. The van der Waals surface area contributed by atoms with Crippen molar-refractivity contribution in [3.63, 3.8) is 0 Å². The topological polar surface area (TPSA) is 39.1 Å². The largest absolute Gasteiger partial charge is 0.294 e. The molecule has 0 spiro atoms. The Morgan fingerprint density at radius 3 is 2.56 bits per heavy atom. The molecule has 0 aliphatic rings. The molecule has 0 unspecified atom stereocenters. The Balaban J connectivity index is 2.19. The van der Waals surface area contributed by atoms with Crippen LogP contribution in [-0.2, 0) is 11.3 Å². The van der Waals surface area contributed by atoms with Crippen LogP contribution in [0.15, 0.2) is 46.6 Å². The molecule has 0 saturated heterocycles. The molecule has 0 bridgehead atoms. The Kier molecular flexibility index (Phi) is 5.84. The molecular weight excluding hydrogens is 398 g/mol. The van der Waals surface area contributed by atoms with Gasteiger partial charge in [0.15, 0.2) is 5.78 Å². The van der Waals surface area contributed by atoms with E-state index in [9.17, 15) is 9.59 Å². The van der Waals surface area contributed by atoms with Gasteiger partial charge in [0.2, 0.25) is 0 Å². The fourth-order valence-electron chi connectivity index (χ4n) is 2.42. The van der Waals surface area contributed by atoms with Gasteiger partial charge in [-0.05, 0) is 29.2 Å². The van der Waals surface area contributed by atoms with Crippen molar-refractivity contribution in [2.75, 3.05) is 0 Å². The summed E-state index contributed by atoms with van der Waals surface area (Å²) in [5.74, 6) is -0.0145. The first-order valence-corrected chi connectivity index (χ1v) is 10.6. The van der Waals surface area contributed by atoms with Crippen molar-refractivity contribution in [2.45, 2.75) is 27.3 Å². The van der Waals surface area contributed by atoms with Crippen LogP contribution < -0.4 is 14.8 Å². The molecule has 140 valence electrons. The van der Waals surface area contributed by atoms with Crippen molar-refractivity contribution in [1.29, 1.82) is 0 Å². The minimum atomic E-state index is -0.507. The first-order valence-electron chi connectivity index (χ1n) is 8.50. The molecule has 0 N–H and O–H groups in total. The van der Waals surface area contributed by atoms with Gasteiger partial charge in [-0.2, -0.15) is 0 Å². The van der Waals surface area contributed by atoms with E-state index < -0.39 is 5.41 Å². The Morgan fingerprint density at radius 1 is 1.19 bits per heavy atom. The van der Waals surface area contributed by atoms with Gasteiger partial charge in [0.05, 0.1) is 11.1 Å². The molecule has 2 heterocycles. The van der Waals surface area contributed by atoms with Crippen LogP contribution in [0.4, 0.5) is 0 Å². The molecule has 0 saturated carbocycles. The highest BCUT2D eigenvalue weighted by Crippen LogP contribution is 2.16. The zero-order valence-corrected chi connectivity index (χ0v) is 17.8. The molecule has 0 aliphatic heterocycles. The lowest BCUT2D eigenvalue weighted by atomic mass is 9.91. The van der Waals surface area contributed by atoms with Crippen LogP contribution in [0, 0.1) is 5.41 Å². The number of rotatable bonds is 4. The van der Waals surface area contributed by atoms with Gasteiger partial charge in [0, 0.05) is 21.4 Å². The lowest BCUT2D eigenvalue weighted by Crippen LogP contribution is -2.33. The van der Waals surface area contributed by atoms with Crippen LogP contribution >= 0.6 is 34.3 Å². The molecule has 2 aromatic heterocycles. The van der Waals surface area contributed by atoms with Crippen LogP contribution in [0.3, 0.4) is 0 Å². The number of carbonyl (C=O) groups is 1. The van der Waals surface area contributed by atoms with Gasteiger partial charge in [-0.15, -0.1) is 22.7 Å². The number of nitrogens with zero attached hydrogens (tertiary/aromatic N) is 1. The molecule has 27 heavy (non-hydrogen) atoms. The number of thiophene rings is 1. The highest BCUT2D eigenvalue weighted by molar-refractivity contribution is 7.11. The molecule has 3 aromatic rings. The van der Waals surface area contributed by atoms with Gasteiger partial charge in [-0.3, -0.25) is 14.2 Å². The number of hydrogen-bond donors (Lipinski definition) is 0. The zero-order valence-electron chi connectivity index (χ0n) is 15.4. The third-order valence-corrected chi connectivity index (χ3v) is 6.28. The number of hydrogen-bond acceptors (Lipinski definition) is 4. The summed E-state index contributed by atoms with van der Waals surface area (Å²) >= 11 is 9.19. The fraction of sp³-hybridized carbons (Fsp3) is 0.238. The van der Waals surface area contributed by atoms with Gasteiger partial charge >= 0.3 is 0 Å². The monoisotopic (exact) mass is 417 g/mol. The molecule has 6 heteroatoms. The first kappa shape index (κ1) is 19.8. The fourth-order valence-corrected chi connectivity index (χ4v) is 4.38. The smallest absolute Gasteiger partial charge is 0.269 e. The summed E-state index contributed by atoms with van der Waals surface area (Å²) in [4.78, 5) is 26.6. The predicted molar refractivity (Wildman–Crippen MR) is 115 cm³/mol. The normalized spacial score (nSPS) is 13.3. The molecule has 0 radical (unpaired) electrons. The summed E-state index contributed by atoms with van der Waals surface area (Å²) < 4.78 is 2.88. The number of aromatic nitrogens is 1. The van der Waals surface area contributed by atoms with Crippen molar-refractivity contribution < 1.29 is 4.79 Å². The van der Waals surface area contributed by atoms with Gasteiger partial charge < -0.3 is 0 Å². The zero-order chi connectivity index (χ0) is 19.6. The lowest BCUT2D eigenvalue weighted by Gasteiger charge is -2.13. The molecule has 3 nitrogen and oxygen atoms in total. The van der Waals surface area contributed by atoms with E-state index in [1.54, 1.807) is 28.0 Å².